The summed E-state index contributed by atoms with van der Waals surface area (Å²) in [6.07, 6.45) is 0. The lowest BCUT2D eigenvalue weighted by Gasteiger charge is -2.27. The second-order valence-corrected chi connectivity index (χ2v) is 10.7. The fraction of sp³-hybridized carbons (Fsp3) is 0.167. The zero-order valence-corrected chi connectivity index (χ0v) is 21.9. The first kappa shape index (κ1) is 26.0. The summed E-state index contributed by atoms with van der Waals surface area (Å²) in [7, 11) is -2.61. The highest BCUT2D eigenvalue weighted by atomic mass is 32.2. The van der Waals surface area contributed by atoms with Crippen LogP contribution in [0.25, 0.3) is 0 Å². The van der Waals surface area contributed by atoms with Gasteiger partial charge in [0, 0.05) is 0 Å². The molecule has 0 unspecified atom stereocenters. The molecular weight excluding hydrogens is 484 g/mol. The summed E-state index contributed by atoms with van der Waals surface area (Å²) in [4.78, 5) is 13.6. The molecule has 190 valence electrons. The Labute approximate surface area is 218 Å². The number of hydrogen-bond acceptors (Lipinski definition) is 4. The second kappa shape index (κ2) is 11.3. The molecule has 1 amide bonds. The van der Waals surface area contributed by atoms with Gasteiger partial charge in [-0.2, -0.15) is 0 Å². The normalized spacial score (nSPS) is 12.0. The molecule has 0 radical (unpaired) electrons. The van der Waals surface area contributed by atoms with Crippen LogP contribution >= 0.6 is 0 Å². The van der Waals surface area contributed by atoms with Gasteiger partial charge in [0.2, 0.25) is 5.91 Å². The molecule has 0 saturated heterocycles. The van der Waals surface area contributed by atoms with Gasteiger partial charge >= 0.3 is 0 Å². The van der Waals surface area contributed by atoms with Crippen molar-refractivity contribution in [2.24, 2.45) is 0 Å². The molecule has 1 N–H and O–H groups in total. The number of aryl methyl sites for hydroxylation is 2. The summed E-state index contributed by atoms with van der Waals surface area (Å²) in [6.45, 7) is 3.46. The van der Waals surface area contributed by atoms with Gasteiger partial charge in [-0.3, -0.25) is 9.10 Å². The number of nitrogens with zero attached hydrogens (tertiary/aromatic N) is 1. The van der Waals surface area contributed by atoms with Crippen molar-refractivity contribution in [2.75, 3.05) is 18.0 Å². The van der Waals surface area contributed by atoms with Crippen LogP contribution in [0.4, 0.5) is 5.69 Å². The fourth-order valence-electron chi connectivity index (χ4n) is 4.07. The number of rotatable bonds is 9. The molecule has 0 spiro atoms. The van der Waals surface area contributed by atoms with Crippen molar-refractivity contribution in [2.45, 2.75) is 24.8 Å². The molecule has 0 aliphatic carbocycles. The van der Waals surface area contributed by atoms with Gasteiger partial charge in [-0.05, 0) is 49.2 Å². The Morgan fingerprint density at radius 3 is 1.95 bits per heavy atom. The van der Waals surface area contributed by atoms with E-state index in [4.69, 9.17) is 4.74 Å². The van der Waals surface area contributed by atoms with Crippen molar-refractivity contribution < 1.29 is 17.9 Å². The lowest BCUT2D eigenvalue weighted by molar-refractivity contribution is -0.120. The van der Waals surface area contributed by atoms with Crippen molar-refractivity contribution in [3.63, 3.8) is 0 Å². The van der Waals surface area contributed by atoms with Crippen LogP contribution in [-0.4, -0.2) is 28.0 Å². The second-order valence-electron chi connectivity index (χ2n) is 8.82. The number of amides is 1. The van der Waals surface area contributed by atoms with Crippen LogP contribution in [-0.2, 0) is 14.8 Å². The molecule has 37 heavy (non-hydrogen) atoms. The number of benzene rings is 4. The number of anilines is 1. The summed E-state index contributed by atoms with van der Waals surface area (Å²) >= 11 is 0. The van der Waals surface area contributed by atoms with Crippen molar-refractivity contribution in [3.8, 4) is 5.75 Å². The minimum Gasteiger partial charge on any atom is -0.495 e. The van der Waals surface area contributed by atoms with Gasteiger partial charge in [0.25, 0.3) is 10.0 Å². The number of ether oxygens (including phenoxy) is 1. The van der Waals surface area contributed by atoms with Gasteiger partial charge in [0.1, 0.15) is 12.3 Å². The van der Waals surface area contributed by atoms with E-state index < -0.39 is 28.5 Å². The SMILES string of the molecule is COc1ccccc1N(CC(=O)N[C@@H](c1ccccc1)c1ccc(C)cc1)S(=O)(=O)c1ccc(C)cc1. The van der Waals surface area contributed by atoms with Crippen molar-refractivity contribution in [1.29, 1.82) is 0 Å². The largest absolute Gasteiger partial charge is 0.495 e. The molecule has 1 atom stereocenters. The molecule has 0 aromatic heterocycles. The van der Waals surface area contributed by atoms with E-state index in [-0.39, 0.29) is 10.6 Å². The van der Waals surface area contributed by atoms with Crippen LogP contribution in [0.15, 0.2) is 108 Å². The maximum absolute atomic E-state index is 13.8. The molecular formula is C30H30N2O4S. The third kappa shape index (κ3) is 6.01. The first-order valence-electron chi connectivity index (χ1n) is 11.9. The number of para-hydroxylation sites is 2. The molecule has 4 aromatic rings. The van der Waals surface area contributed by atoms with Crippen LogP contribution in [0.2, 0.25) is 0 Å². The smallest absolute Gasteiger partial charge is 0.264 e. The molecule has 6 nitrogen and oxygen atoms in total. The quantitative estimate of drug-likeness (QED) is 0.324. The highest BCUT2D eigenvalue weighted by Crippen LogP contribution is 2.32. The molecule has 7 heteroatoms. The van der Waals surface area contributed by atoms with E-state index in [1.165, 1.54) is 7.11 Å². The Morgan fingerprint density at radius 1 is 0.784 bits per heavy atom. The molecule has 0 heterocycles. The molecule has 4 aromatic carbocycles. The molecule has 0 bridgehead atoms. The van der Waals surface area contributed by atoms with Crippen molar-refractivity contribution in [3.05, 3.63) is 125 Å². The molecule has 4 rings (SSSR count). The monoisotopic (exact) mass is 514 g/mol. The third-order valence-corrected chi connectivity index (χ3v) is 7.87. The summed E-state index contributed by atoms with van der Waals surface area (Å²) in [6, 6.07) is 30.4. The Balaban J connectivity index is 1.71. The van der Waals surface area contributed by atoms with Gasteiger partial charge in [-0.1, -0.05) is 90.0 Å². The zero-order valence-electron chi connectivity index (χ0n) is 21.1. The molecule has 0 saturated carbocycles. The number of carbonyl (C=O) groups is 1. The van der Waals surface area contributed by atoms with E-state index >= 15 is 0 Å². The Kier molecular flexibility index (Phi) is 7.94. The van der Waals surface area contributed by atoms with Gasteiger partial charge in [-0.15, -0.1) is 0 Å². The van der Waals surface area contributed by atoms with Gasteiger partial charge in [0.15, 0.2) is 0 Å². The predicted octanol–water partition coefficient (Wildman–Crippen LogP) is 5.41. The lowest BCUT2D eigenvalue weighted by Crippen LogP contribution is -2.42. The minimum absolute atomic E-state index is 0.0925. The first-order chi connectivity index (χ1) is 17.8. The summed E-state index contributed by atoms with van der Waals surface area (Å²) in [5.41, 5.74) is 4.12. The van der Waals surface area contributed by atoms with Crippen molar-refractivity contribution in [1.82, 2.24) is 5.32 Å². The van der Waals surface area contributed by atoms with E-state index in [2.05, 4.69) is 5.32 Å². The number of sulfonamides is 1. The van der Waals surface area contributed by atoms with Gasteiger partial charge in [0.05, 0.1) is 23.7 Å². The summed E-state index contributed by atoms with van der Waals surface area (Å²) in [5, 5.41) is 3.05. The van der Waals surface area contributed by atoms with Crippen LogP contribution in [0.1, 0.15) is 28.3 Å². The van der Waals surface area contributed by atoms with Crippen LogP contribution in [0.3, 0.4) is 0 Å². The first-order valence-corrected chi connectivity index (χ1v) is 13.4. The van der Waals surface area contributed by atoms with Gasteiger partial charge < -0.3 is 10.1 Å². The minimum atomic E-state index is -4.08. The van der Waals surface area contributed by atoms with Crippen molar-refractivity contribution >= 4 is 21.6 Å². The molecule has 0 aliphatic rings. The Hall–Kier alpha value is -4.10. The standard InChI is InChI=1S/C30H30N2O4S/c1-22-13-17-25(18-14-22)30(24-9-5-4-6-10-24)31-29(33)21-32(27-11-7-8-12-28(27)36-3)37(34,35)26-19-15-23(2)16-20-26/h4-20,30H,21H2,1-3H3,(H,31,33)/t30-/m0/s1. The average molecular weight is 515 g/mol. The van der Waals surface area contributed by atoms with E-state index in [0.717, 1.165) is 26.6 Å². The fourth-order valence-corrected chi connectivity index (χ4v) is 5.50. The third-order valence-electron chi connectivity index (χ3n) is 6.10. The topological polar surface area (TPSA) is 75.7 Å². The van der Waals surface area contributed by atoms with E-state index in [1.54, 1.807) is 48.5 Å². The lowest BCUT2D eigenvalue weighted by atomic mass is 9.98. The number of carbonyl (C=O) groups excluding carboxylic acids is 1. The molecule has 0 fully saturated rings. The maximum atomic E-state index is 13.8. The highest BCUT2D eigenvalue weighted by Gasteiger charge is 2.30. The number of nitrogens with one attached hydrogen (secondary N) is 1. The maximum Gasteiger partial charge on any atom is 0.264 e. The van der Waals surface area contributed by atoms with Crippen LogP contribution < -0.4 is 14.4 Å². The zero-order chi connectivity index (χ0) is 26.4. The van der Waals surface area contributed by atoms with E-state index in [0.29, 0.717) is 5.75 Å². The Bertz CT molecular complexity index is 1450. The van der Waals surface area contributed by atoms with Crippen LogP contribution in [0, 0.1) is 13.8 Å². The molecule has 0 aliphatic heterocycles. The number of methoxy groups -OCH3 is 1. The Morgan fingerprint density at radius 2 is 1.32 bits per heavy atom. The predicted molar refractivity (Wildman–Crippen MR) is 146 cm³/mol. The average Bonchev–Trinajstić information content (AvgIpc) is 2.91. The van der Waals surface area contributed by atoms with E-state index in [1.807, 2.05) is 68.4 Å². The summed E-state index contributed by atoms with van der Waals surface area (Å²) in [5.74, 6) is -0.0971. The number of hydrogen-bond donors (Lipinski definition) is 1. The van der Waals surface area contributed by atoms with E-state index in [9.17, 15) is 13.2 Å². The van der Waals surface area contributed by atoms with Crippen LogP contribution in [0.5, 0.6) is 5.75 Å². The highest BCUT2D eigenvalue weighted by molar-refractivity contribution is 7.92. The summed E-state index contributed by atoms with van der Waals surface area (Å²) < 4.78 is 34.2. The van der Waals surface area contributed by atoms with Gasteiger partial charge in [-0.25, -0.2) is 8.42 Å².